The molecule has 2 rings (SSSR count). The fourth-order valence-corrected chi connectivity index (χ4v) is 1.91. The third-order valence-corrected chi connectivity index (χ3v) is 2.83. The number of hydrogen-bond donors (Lipinski definition) is 0. The summed E-state index contributed by atoms with van der Waals surface area (Å²) in [5, 5.41) is 0. The third-order valence-electron chi connectivity index (χ3n) is 2.83. The summed E-state index contributed by atoms with van der Waals surface area (Å²) in [7, 11) is 0. The van der Waals surface area contributed by atoms with E-state index in [2.05, 4.69) is 0 Å². The standard InChI is InChI=1S/C14H15NO4/c1-2-8-19-14(18)10-4-3-5-11(9-10)15-12(16)6-7-13(15)17/h3-5,9H,2,6-8H2,1H3. The van der Waals surface area contributed by atoms with Gasteiger partial charge in [0.15, 0.2) is 0 Å². The largest absolute Gasteiger partial charge is 0.462 e. The molecule has 1 aliphatic rings. The van der Waals surface area contributed by atoms with Crippen LogP contribution in [0.25, 0.3) is 0 Å². The summed E-state index contributed by atoms with van der Waals surface area (Å²) >= 11 is 0. The van der Waals surface area contributed by atoms with E-state index in [0.29, 0.717) is 17.9 Å². The van der Waals surface area contributed by atoms with Crippen molar-refractivity contribution in [3.8, 4) is 0 Å². The van der Waals surface area contributed by atoms with Crippen molar-refractivity contribution in [2.24, 2.45) is 0 Å². The molecule has 0 radical (unpaired) electrons. The first-order valence-corrected chi connectivity index (χ1v) is 6.26. The highest BCUT2D eigenvalue weighted by atomic mass is 16.5. The lowest BCUT2D eigenvalue weighted by Gasteiger charge is -2.14. The Labute approximate surface area is 111 Å². The summed E-state index contributed by atoms with van der Waals surface area (Å²) in [5.41, 5.74) is 0.775. The number of carbonyl (C=O) groups excluding carboxylic acids is 3. The number of esters is 1. The zero-order valence-electron chi connectivity index (χ0n) is 10.7. The van der Waals surface area contributed by atoms with E-state index in [1.54, 1.807) is 18.2 Å². The highest BCUT2D eigenvalue weighted by Gasteiger charge is 2.30. The van der Waals surface area contributed by atoms with Gasteiger partial charge in [-0.15, -0.1) is 0 Å². The molecule has 1 saturated heterocycles. The summed E-state index contributed by atoms with van der Waals surface area (Å²) in [6.07, 6.45) is 1.20. The van der Waals surface area contributed by atoms with Crippen LogP contribution >= 0.6 is 0 Å². The second-order valence-corrected chi connectivity index (χ2v) is 4.31. The van der Waals surface area contributed by atoms with Crippen LogP contribution in [0.15, 0.2) is 24.3 Å². The van der Waals surface area contributed by atoms with Gasteiger partial charge in [0.2, 0.25) is 11.8 Å². The number of anilines is 1. The summed E-state index contributed by atoms with van der Waals surface area (Å²) in [6.45, 7) is 2.26. The van der Waals surface area contributed by atoms with Crippen LogP contribution in [0.3, 0.4) is 0 Å². The highest BCUT2D eigenvalue weighted by molar-refractivity contribution is 6.20. The second kappa shape index (κ2) is 5.65. The maximum atomic E-state index is 11.7. The normalized spacial score (nSPS) is 14.9. The zero-order valence-corrected chi connectivity index (χ0v) is 10.7. The molecular weight excluding hydrogens is 246 g/mol. The predicted octanol–water partition coefficient (Wildman–Crippen LogP) is 1.91. The highest BCUT2D eigenvalue weighted by Crippen LogP contribution is 2.23. The van der Waals surface area contributed by atoms with E-state index >= 15 is 0 Å². The van der Waals surface area contributed by atoms with Crippen LogP contribution in [0.2, 0.25) is 0 Å². The monoisotopic (exact) mass is 261 g/mol. The lowest BCUT2D eigenvalue weighted by atomic mass is 10.2. The maximum absolute atomic E-state index is 11.7. The Hall–Kier alpha value is -2.17. The van der Waals surface area contributed by atoms with Gasteiger partial charge in [0.05, 0.1) is 17.9 Å². The number of hydrogen-bond acceptors (Lipinski definition) is 4. The molecule has 0 saturated carbocycles. The first kappa shape index (κ1) is 13.3. The van der Waals surface area contributed by atoms with Crippen LogP contribution in [-0.2, 0) is 14.3 Å². The minimum Gasteiger partial charge on any atom is -0.462 e. The van der Waals surface area contributed by atoms with Crippen LogP contribution in [0.5, 0.6) is 0 Å². The van der Waals surface area contributed by atoms with E-state index < -0.39 is 5.97 Å². The maximum Gasteiger partial charge on any atom is 0.338 e. The molecule has 0 bridgehead atoms. The van der Waals surface area contributed by atoms with Crippen molar-refractivity contribution >= 4 is 23.5 Å². The van der Waals surface area contributed by atoms with Gasteiger partial charge in [-0.25, -0.2) is 4.79 Å². The fraction of sp³-hybridized carbons (Fsp3) is 0.357. The van der Waals surface area contributed by atoms with E-state index in [1.807, 2.05) is 6.92 Å². The van der Waals surface area contributed by atoms with Crippen molar-refractivity contribution in [3.05, 3.63) is 29.8 Å². The molecule has 0 aromatic heterocycles. The number of benzene rings is 1. The van der Waals surface area contributed by atoms with Crippen molar-refractivity contribution in [3.63, 3.8) is 0 Å². The van der Waals surface area contributed by atoms with Crippen LogP contribution in [0.1, 0.15) is 36.5 Å². The molecular formula is C14H15NO4. The first-order valence-electron chi connectivity index (χ1n) is 6.26. The average Bonchev–Trinajstić information content (AvgIpc) is 2.75. The van der Waals surface area contributed by atoms with Gasteiger partial charge >= 0.3 is 5.97 Å². The minimum absolute atomic E-state index is 0.226. The van der Waals surface area contributed by atoms with Gasteiger partial charge in [-0.05, 0) is 24.6 Å². The molecule has 0 N–H and O–H groups in total. The summed E-state index contributed by atoms with van der Waals surface area (Å²) in [4.78, 5) is 36.1. The summed E-state index contributed by atoms with van der Waals surface area (Å²) in [5.74, 6) is -0.907. The van der Waals surface area contributed by atoms with Gasteiger partial charge in [-0.2, -0.15) is 0 Å². The Balaban J connectivity index is 2.22. The van der Waals surface area contributed by atoms with Gasteiger partial charge in [0.1, 0.15) is 0 Å². The minimum atomic E-state index is -0.442. The summed E-state index contributed by atoms with van der Waals surface area (Å²) in [6, 6.07) is 6.39. The van der Waals surface area contributed by atoms with E-state index in [9.17, 15) is 14.4 Å². The Kier molecular flexibility index (Phi) is 3.94. The molecule has 0 aliphatic carbocycles. The van der Waals surface area contributed by atoms with Gasteiger partial charge in [-0.1, -0.05) is 13.0 Å². The molecule has 1 aromatic rings. The number of carbonyl (C=O) groups is 3. The van der Waals surface area contributed by atoms with E-state index in [0.717, 1.165) is 11.3 Å². The lowest BCUT2D eigenvalue weighted by molar-refractivity contribution is -0.121. The van der Waals surface area contributed by atoms with Gasteiger partial charge in [-0.3, -0.25) is 14.5 Å². The quantitative estimate of drug-likeness (QED) is 0.613. The Bertz CT molecular complexity index is 508. The van der Waals surface area contributed by atoms with Gasteiger partial charge < -0.3 is 4.74 Å². The molecule has 19 heavy (non-hydrogen) atoms. The SMILES string of the molecule is CCCOC(=O)c1cccc(N2C(=O)CCC2=O)c1. The van der Waals surface area contributed by atoms with Crippen LogP contribution < -0.4 is 4.90 Å². The van der Waals surface area contributed by atoms with Crippen LogP contribution in [0.4, 0.5) is 5.69 Å². The number of imide groups is 1. The van der Waals surface area contributed by atoms with Gasteiger partial charge in [0.25, 0.3) is 0 Å². The van der Waals surface area contributed by atoms with E-state index in [-0.39, 0.29) is 24.7 Å². The smallest absolute Gasteiger partial charge is 0.338 e. The molecule has 5 nitrogen and oxygen atoms in total. The van der Waals surface area contributed by atoms with Crippen molar-refractivity contribution in [1.29, 1.82) is 0 Å². The van der Waals surface area contributed by atoms with Crippen LogP contribution in [0, 0.1) is 0 Å². The number of amides is 2. The Morgan fingerprint density at radius 3 is 2.58 bits per heavy atom. The van der Waals surface area contributed by atoms with Crippen molar-refractivity contribution in [1.82, 2.24) is 0 Å². The van der Waals surface area contributed by atoms with Gasteiger partial charge in [0, 0.05) is 12.8 Å². The fourth-order valence-electron chi connectivity index (χ4n) is 1.91. The topological polar surface area (TPSA) is 63.7 Å². The lowest BCUT2D eigenvalue weighted by Crippen LogP contribution is -2.28. The Morgan fingerprint density at radius 2 is 1.95 bits per heavy atom. The molecule has 1 aromatic carbocycles. The van der Waals surface area contributed by atoms with E-state index in [4.69, 9.17) is 4.74 Å². The first-order chi connectivity index (χ1) is 9.13. The molecule has 100 valence electrons. The van der Waals surface area contributed by atoms with Crippen molar-refractivity contribution < 1.29 is 19.1 Å². The number of nitrogens with zero attached hydrogens (tertiary/aromatic N) is 1. The molecule has 5 heteroatoms. The molecule has 1 fully saturated rings. The van der Waals surface area contributed by atoms with Crippen LogP contribution in [-0.4, -0.2) is 24.4 Å². The number of ether oxygens (including phenoxy) is 1. The molecule has 0 atom stereocenters. The van der Waals surface area contributed by atoms with Crippen molar-refractivity contribution in [2.75, 3.05) is 11.5 Å². The third kappa shape index (κ3) is 2.81. The van der Waals surface area contributed by atoms with E-state index in [1.165, 1.54) is 6.07 Å². The molecule has 0 spiro atoms. The molecule has 1 heterocycles. The second-order valence-electron chi connectivity index (χ2n) is 4.31. The molecule has 2 amide bonds. The average molecular weight is 261 g/mol. The number of rotatable bonds is 4. The molecule has 1 aliphatic heterocycles. The zero-order chi connectivity index (χ0) is 13.8. The summed E-state index contributed by atoms with van der Waals surface area (Å²) < 4.78 is 5.02. The Morgan fingerprint density at radius 1 is 1.26 bits per heavy atom. The molecule has 0 unspecified atom stereocenters. The van der Waals surface area contributed by atoms with Crippen molar-refractivity contribution in [2.45, 2.75) is 26.2 Å². The predicted molar refractivity (Wildman–Crippen MR) is 68.7 cm³/mol.